The molecule has 138 valence electrons. The molecular weight excluding hydrogens is 366 g/mol. The molecule has 3 rings (SSSR count). The minimum atomic E-state index is -3.10. The highest BCUT2D eigenvalue weighted by molar-refractivity contribution is 7.91. The van der Waals surface area contributed by atoms with Crippen molar-refractivity contribution in [2.75, 3.05) is 23.9 Å². The molecule has 1 aromatic heterocycles. The average molecular weight is 382 g/mol. The third-order valence-corrected chi connectivity index (χ3v) is 5.90. The van der Waals surface area contributed by atoms with Gasteiger partial charge >= 0.3 is 0 Å². The Bertz CT molecular complexity index is 935. The first-order chi connectivity index (χ1) is 12.2. The zero-order chi connectivity index (χ0) is 18.9. The first kappa shape index (κ1) is 18.2. The van der Waals surface area contributed by atoms with Crippen LogP contribution in [-0.4, -0.2) is 54.0 Å². The van der Waals surface area contributed by atoms with Crippen molar-refractivity contribution >= 4 is 27.2 Å². The molecule has 1 unspecified atom stereocenters. The molecule has 1 saturated heterocycles. The Labute approximate surface area is 149 Å². The molecule has 1 N–H and O–H groups in total. The second-order valence-corrected chi connectivity index (χ2v) is 8.26. The van der Waals surface area contributed by atoms with Gasteiger partial charge in [0.1, 0.15) is 0 Å². The molecular formula is C16H16F2N4O3S. The average Bonchev–Trinajstić information content (AvgIpc) is 2.97. The molecule has 1 aliphatic rings. The minimum absolute atomic E-state index is 0.0571. The van der Waals surface area contributed by atoms with Gasteiger partial charge in [0, 0.05) is 24.8 Å². The van der Waals surface area contributed by atoms with Gasteiger partial charge in [-0.2, -0.15) is 0 Å². The number of amides is 1. The number of benzene rings is 1. The number of anilines is 2. The lowest BCUT2D eigenvalue weighted by Crippen LogP contribution is -2.38. The molecule has 0 saturated carbocycles. The molecule has 0 radical (unpaired) electrons. The maximum absolute atomic E-state index is 13.2. The van der Waals surface area contributed by atoms with Crippen LogP contribution in [0.4, 0.5) is 20.3 Å². The molecule has 10 heteroatoms. The smallest absolute Gasteiger partial charge is 0.274 e. The molecule has 1 aromatic carbocycles. The third kappa shape index (κ3) is 3.96. The van der Waals surface area contributed by atoms with Crippen LogP contribution < -0.4 is 5.32 Å². The summed E-state index contributed by atoms with van der Waals surface area (Å²) in [6.45, 7) is 0. The Morgan fingerprint density at radius 1 is 1.19 bits per heavy atom. The van der Waals surface area contributed by atoms with Crippen molar-refractivity contribution in [1.82, 2.24) is 15.1 Å². The monoisotopic (exact) mass is 382 g/mol. The molecule has 7 nitrogen and oxygen atoms in total. The highest BCUT2D eigenvalue weighted by atomic mass is 32.2. The lowest BCUT2D eigenvalue weighted by atomic mass is 10.2. The first-order valence-electron chi connectivity index (χ1n) is 7.78. The van der Waals surface area contributed by atoms with Crippen LogP contribution in [0.3, 0.4) is 0 Å². The Hall–Kier alpha value is -2.62. The number of aromatic nitrogens is 2. The summed E-state index contributed by atoms with van der Waals surface area (Å²) in [4.78, 5) is 13.8. The van der Waals surface area contributed by atoms with Crippen LogP contribution in [0.25, 0.3) is 0 Å². The van der Waals surface area contributed by atoms with Crippen LogP contribution in [0.15, 0.2) is 30.3 Å². The van der Waals surface area contributed by atoms with Crippen LogP contribution in [0.2, 0.25) is 0 Å². The van der Waals surface area contributed by atoms with Crippen LogP contribution in [0, 0.1) is 11.6 Å². The molecule has 0 aliphatic carbocycles. The molecule has 0 bridgehead atoms. The van der Waals surface area contributed by atoms with Gasteiger partial charge in [0.25, 0.3) is 5.91 Å². The number of hydrogen-bond donors (Lipinski definition) is 1. The van der Waals surface area contributed by atoms with Crippen molar-refractivity contribution in [2.24, 2.45) is 0 Å². The Morgan fingerprint density at radius 3 is 2.54 bits per heavy atom. The number of hydrogen-bond acceptors (Lipinski definition) is 6. The summed E-state index contributed by atoms with van der Waals surface area (Å²) in [6, 6.07) is 5.82. The highest BCUT2D eigenvalue weighted by Crippen LogP contribution is 2.19. The van der Waals surface area contributed by atoms with E-state index in [0.717, 1.165) is 12.1 Å². The van der Waals surface area contributed by atoms with E-state index >= 15 is 0 Å². The summed E-state index contributed by atoms with van der Waals surface area (Å²) in [5, 5.41) is 10.4. The van der Waals surface area contributed by atoms with Crippen molar-refractivity contribution < 1.29 is 22.0 Å². The van der Waals surface area contributed by atoms with E-state index in [0.29, 0.717) is 6.42 Å². The van der Waals surface area contributed by atoms with Gasteiger partial charge in [0.15, 0.2) is 33.0 Å². The fourth-order valence-corrected chi connectivity index (χ4v) is 4.44. The second kappa shape index (κ2) is 6.94. The lowest BCUT2D eigenvalue weighted by molar-refractivity contribution is 0.0740. The maximum atomic E-state index is 13.2. The van der Waals surface area contributed by atoms with Gasteiger partial charge in [-0.15, -0.1) is 10.2 Å². The van der Waals surface area contributed by atoms with Gasteiger partial charge in [-0.25, -0.2) is 17.2 Å². The van der Waals surface area contributed by atoms with E-state index in [2.05, 4.69) is 15.5 Å². The predicted molar refractivity (Wildman–Crippen MR) is 90.8 cm³/mol. The summed E-state index contributed by atoms with van der Waals surface area (Å²) in [7, 11) is -1.57. The summed E-state index contributed by atoms with van der Waals surface area (Å²) >= 11 is 0. The largest absolute Gasteiger partial charge is 0.339 e. The molecule has 0 spiro atoms. The first-order valence-corrected chi connectivity index (χ1v) is 9.61. The van der Waals surface area contributed by atoms with Crippen molar-refractivity contribution in [3.63, 3.8) is 0 Å². The Kier molecular flexibility index (Phi) is 4.86. The number of carbonyl (C=O) groups is 1. The number of carbonyl (C=O) groups excluding carboxylic acids is 1. The van der Waals surface area contributed by atoms with E-state index < -0.39 is 27.4 Å². The van der Waals surface area contributed by atoms with E-state index in [1.807, 2.05) is 0 Å². The van der Waals surface area contributed by atoms with Gasteiger partial charge < -0.3 is 10.2 Å². The summed E-state index contributed by atoms with van der Waals surface area (Å²) < 4.78 is 49.2. The predicted octanol–water partition coefficient (Wildman–Crippen LogP) is 1.76. The SMILES string of the molecule is CN(C(=O)c1ccc(Nc2ccc(F)c(F)c2)nn1)C1CCS(=O)(=O)C1. The summed E-state index contributed by atoms with van der Waals surface area (Å²) in [6.07, 6.45) is 0.397. The lowest BCUT2D eigenvalue weighted by Gasteiger charge is -2.22. The third-order valence-electron chi connectivity index (χ3n) is 4.15. The van der Waals surface area contributed by atoms with E-state index in [1.54, 1.807) is 0 Å². The molecule has 1 fully saturated rings. The zero-order valence-corrected chi connectivity index (χ0v) is 14.6. The van der Waals surface area contributed by atoms with Crippen LogP contribution >= 0.6 is 0 Å². The highest BCUT2D eigenvalue weighted by Gasteiger charge is 2.33. The maximum Gasteiger partial charge on any atom is 0.274 e. The summed E-state index contributed by atoms with van der Waals surface area (Å²) in [5.74, 6) is -2.13. The summed E-state index contributed by atoms with van der Waals surface area (Å²) in [5.41, 5.74) is 0.346. The van der Waals surface area contributed by atoms with E-state index in [4.69, 9.17) is 0 Å². The number of rotatable bonds is 4. The topological polar surface area (TPSA) is 92.3 Å². The van der Waals surface area contributed by atoms with Crippen molar-refractivity contribution in [2.45, 2.75) is 12.5 Å². The molecule has 1 atom stereocenters. The van der Waals surface area contributed by atoms with Crippen LogP contribution in [0.1, 0.15) is 16.9 Å². The van der Waals surface area contributed by atoms with Gasteiger partial charge in [0.05, 0.1) is 11.5 Å². The molecule has 2 aromatic rings. The fraction of sp³-hybridized carbons (Fsp3) is 0.312. The number of nitrogens with one attached hydrogen (secondary N) is 1. The van der Waals surface area contributed by atoms with Gasteiger partial charge in [-0.3, -0.25) is 4.79 Å². The molecule has 1 amide bonds. The second-order valence-electron chi connectivity index (χ2n) is 6.03. The van der Waals surface area contributed by atoms with Crippen LogP contribution in [0.5, 0.6) is 0 Å². The van der Waals surface area contributed by atoms with Crippen molar-refractivity contribution in [1.29, 1.82) is 0 Å². The van der Waals surface area contributed by atoms with E-state index in [-0.39, 0.29) is 34.7 Å². The van der Waals surface area contributed by atoms with E-state index in [9.17, 15) is 22.0 Å². The standard InChI is InChI=1S/C16H16F2N4O3S/c1-22(11-6-7-26(24,25)9-11)16(23)14-4-5-15(21-20-14)19-10-2-3-12(17)13(18)8-10/h2-5,8,11H,6-7,9H2,1H3,(H,19,21). The minimum Gasteiger partial charge on any atom is -0.339 e. The van der Waals surface area contributed by atoms with Crippen molar-refractivity contribution in [3.8, 4) is 0 Å². The molecule has 26 heavy (non-hydrogen) atoms. The van der Waals surface area contributed by atoms with Gasteiger partial charge in [-0.05, 0) is 30.7 Å². The molecule has 2 heterocycles. The fourth-order valence-electron chi connectivity index (χ4n) is 2.66. The number of nitrogens with zero attached hydrogens (tertiary/aromatic N) is 3. The zero-order valence-electron chi connectivity index (χ0n) is 13.8. The molecule has 1 aliphatic heterocycles. The van der Waals surface area contributed by atoms with E-state index in [1.165, 1.54) is 30.1 Å². The van der Waals surface area contributed by atoms with Gasteiger partial charge in [-0.1, -0.05) is 0 Å². The number of halogens is 2. The Balaban J connectivity index is 1.68. The quantitative estimate of drug-likeness (QED) is 0.866. The normalized spacial score (nSPS) is 18.5. The number of sulfone groups is 1. The Morgan fingerprint density at radius 2 is 1.96 bits per heavy atom. The van der Waals surface area contributed by atoms with Crippen LogP contribution in [-0.2, 0) is 9.84 Å². The van der Waals surface area contributed by atoms with Gasteiger partial charge in [0.2, 0.25) is 0 Å². The van der Waals surface area contributed by atoms with Crippen molar-refractivity contribution in [3.05, 3.63) is 47.7 Å².